The molecule has 1 aliphatic heterocycles. The van der Waals surface area contributed by atoms with Crippen LogP contribution < -0.4 is 0 Å². The Bertz CT molecular complexity index is 1380. The highest BCUT2D eigenvalue weighted by molar-refractivity contribution is 5.16. The second-order valence-corrected chi connectivity index (χ2v) is 12.7. The highest BCUT2D eigenvalue weighted by Crippen LogP contribution is 2.42. The van der Waals surface area contributed by atoms with Gasteiger partial charge in [-0.1, -0.05) is 134 Å². The maximum absolute atomic E-state index is 7.05. The molecule has 4 aromatic carbocycles. The van der Waals surface area contributed by atoms with Crippen LogP contribution in [0.1, 0.15) is 54.4 Å². The van der Waals surface area contributed by atoms with Gasteiger partial charge in [0.2, 0.25) is 0 Å². The molecule has 46 heavy (non-hydrogen) atoms. The van der Waals surface area contributed by atoms with Crippen molar-refractivity contribution >= 4 is 0 Å². The molecular weight excluding hydrogens is 572 g/mol. The fourth-order valence-electron chi connectivity index (χ4n) is 7.09. The van der Waals surface area contributed by atoms with E-state index >= 15 is 0 Å². The van der Waals surface area contributed by atoms with Crippen LogP contribution in [0.2, 0.25) is 0 Å². The van der Waals surface area contributed by atoms with Gasteiger partial charge in [-0.15, -0.1) is 0 Å². The molecular formula is C41H48O5. The number of rotatable bonds is 16. The molecule has 0 unspecified atom stereocenters. The molecule has 2 aliphatic rings. The van der Waals surface area contributed by atoms with Gasteiger partial charge in [0.1, 0.15) is 12.2 Å². The van der Waals surface area contributed by atoms with E-state index < -0.39 is 0 Å². The number of ether oxygens (including phenoxy) is 5. The van der Waals surface area contributed by atoms with Crippen LogP contribution in [0.25, 0.3) is 0 Å². The molecule has 1 saturated carbocycles. The molecule has 6 rings (SSSR count). The first-order valence-corrected chi connectivity index (χ1v) is 17.0. The fourth-order valence-corrected chi connectivity index (χ4v) is 7.09. The summed E-state index contributed by atoms with van der Waals surface area (Å²) in [7, 11) is 0. The molecule has 5 heteroatoms. The standard InChI is InChI=1S/C41H48O5/c1-5-15-32(16-6-1)27-42-31-39(44-28-33-17-7-2-8-18-33)41(46-30-35-21-11-4-12-22-35)40(45-29-34-19-9-3-10-20-34)37-25-26-43-38-24-14-13-23-36(37)38/h1-12,15-22,36-41H,13-14,23-31H2/t36-,37+,38+,39-,40-,41-/m1/s1. The Kier molecular flexibility index (Phi) is 12.4. The van der Waals surface area contributed by atoms with E-state index in [-0.39, 0.29) is 24.4 Å². The van der Waals surface area contributed by atoms with E-state index in [4.69, 9.17) is 23.7 Å². The first-order chi connectivity index (χ1) is 22.8. The van der Waals surface area contributed by atoms with Crippen LogP contribution in [-0.2, 0) is 50.1 Å². The Morgan fingerprint density at radius 1 is 0.543 bits per heavy atom. The van der Waals surface area contributed by atoms with Crippen molar-refractivity contribution in [2.75, 3.05) is 13.2 Å². The second kappa shape index (κ2) is 17.6. The van der Waals surface area contributed by atoms with Crippen molar-refractivity contribution in [2.45, 2.75) is 82.9 Å². The van der Waals surface area contributed by atoms with Crippen molar-refractivity contribution in [3.8, 4) is 0 Å². The van der Waals surface area contributed by atoms with Gasteiger partial charge in [0.15, 0.2) is 0 Å². The van der Waals surface area contributed by atoms with Crippen molar-refractivity contribution in [3.63, 3.8) is 0 Å². The monoisotopic (exact) mass is 620 g/mol. The zero-order valence-corrected chi connectivity index (χ0v) is 26.8. The molecule has 0 bridgehead atoms. The molecule has 1 saturated heterocycles. The zero-order valence-electron chi connectivity index (χ0n) is 26.8. The topological polar surface area (TPSA) is 46.2 Å². The summed E-state index contributed by atoms with van der Waals surface area (Å²) in [6.07, 6.45) is 5.07. The van der Waals surface area contributed by atoms with Crippen LogP contribution in [-0.4, -0.2) is 37.6 Å². The van der Waals surface area contributed by atoms with Gasteiger partial charge in [0.25, 0.3) is 0 Å². The molecule has 0 N–H and O–H groups in total. The smallest absolute Gasteiger partial charge is 0.113 e. The number of hydrogen-bond donors (Lipinski definition) is 0. The number of hydrogen-bond acceptors (Lipinski definition) is 5. The minimum Gasteiger partial charge on any atom is -0.378 e. The molecule has 2 fully saturated rings. The molecule has 4 aromatic rings. The van der Waals surface area contributed by atoms with E-state index in [2.05, 4.69) is 91.0 Å². The minimum absolute atomic E-state index is 0.195. The summed E-state index contributed by atoms with van der Waals surface area (Å²) in [6, 6.07) is 41.6. The summed E-state index contributed by atoms with van der Waals surface area (Å²) in [5.74, 6) is 0.728. The lowest BCUT2D eigenvalue weighted by Crippen LogP contribution is -2.53. The lowest BCUT2D eigenvalue weighted by Gasteiger charge is -2.47. The minimum atomic E-state index is -0.353. The maximum Gasteiger partial charge on any atom is 0.113 e. The molecule has 0 spiro atoms. The third kappa shape index (κ3) is 9.37. The van der Waals surface area contributed by atoms with Crippen molar-refractivity contribution in [1.82, 2.24) is 0 Å². The van der Waals surface area contributed by atoms with E-state index in [9.17, 15) is 0 Å². The summed E-state index contributed by atoms with van der Waals surface area (Å²) in [5, 5.41) is 0. The van der Waals surface area contributed by atoms with Gasteiger partial charge in [0.05, 0.1) is 45.2 Å². The quantitative estimate of drug-likeness (QED) is 0.126. The van der Waals surface area contributed by atoms with E-state index in [0.29, 0.717) is 44.9 Å². The second-order valence-electron chi connectivity index (χ2n) is 12.7. The molecule has 0 radical (unpaired) electrons. The predicted octanol–water partition coefficient (Wildman–Crippen LogP) is 8.55. The molecule has 5 nitrogen and oxygen atoms in total. The number of fused-ring (bicyclic) bond motifs is 1. The molecule has 6 atom stereocenters. The Morgan fingerprint density at radius 2 is 1.04 bits per heavy atom. The third-order valence-corrected chi connectivity index (χ3v) is 9.47. The van der Waals surface area contributed by atoms with Crippen molar-refractivity contribution in [3.05, 3.63) is 144 Å². The van der Waals surface area contributed by atoms with Crippen LogP contribution >= 0.6 is 0 Å². The SMILES string of the molecule is c1ccc(COC[C@@H](OCc2ccccc2)[C@@H](OCc2ccccc2)[C@H](OCc2ccccc2)[C@H]2CCO[C@H]3CCCC[C@H]23)cc1. The van der Waals surface area contributed by atoms with Gasteiger partial charge >= 0.3 is 0 Å². The molecule has 0 aromatic heterocycles. The van der Waals surface area contributed by atoms with Gasteiger partial charge in [-0.3, -0.25) is 0 Å². The Balaban J connectivity index is 1.31. The van der Waals surface area contributed by atoms with Crippen molar-refractivity contribution in [1.29, 1.82) is 0 Å². The van der Waals surface area contributed by atoms with Gasteiger partial charge < -0.3 is 23.7 Å². The van der Waals surface area contributed by atoms with Crippen LogP contribution in [0, 0.1) is 11.8 Å². The lowest BCUT2D eigenvalue weighted by atomic mass is 9.71. The molecule has 0 amide bonds. The first kappa shape index (κ1) is 32.6. The van der Waals surface area contributed by atoms with Gasteiger partial charge in [-0.2, -0.15) is 0 Å². The third-order valence-electron chi connectivity index (χ3n) is 9.47. The van der Waals surface area contributed by atoms with Crippen LogP contribution in [0.3, 0.4) is 0 Å². The summed E-state index contributed by atoms with van der Waals surface area (Å²) in [4.78, 5) is 0. The van der Waals surface area contributed by atoms with E-state index in [1.54, 1.807) is 0 Å². The van der Waals surface area contributed by atoms with Crippen molar-refractivity contribution < 1.29 is 23.7 Å². The average molecular weight is 621 g/mol. The Hall–Kier alpha value is -3.32. The summed E-state index contributed by atoms with van der Waals surface area (Å²) < 4.78 is 33.6. The average Bonchev–Trinajstić information content (AvgIpc) is 3.13. The summed E-state index contributed by atoms with van der Waals surface area (Å²) in [6.45, 7) is 3.11. The first-order valence-electron chi connectivity index (χ1n) is 17.0. The Morgan fingerprint density at radius 3 is 1.63 bits per heavy atom. The largest absolute Gasteiger partial charge is 0.378 e. The highest BCUT2D eigenvalue weighted by Gasteiger charge is 2.45. The van der Waals surface area contributed by atoms with Gasteiger partial charge in [-0.05, 0) is 53.4 Å². The normalized spacial score (nSPS) is 21.6. The fraction of sp³-hybridized carbons (Fsp3) is 0.415. The lowest BCUT2D eigenvalue weighted by molar-refractivity contribution is -0.204. The Labute approximate surface area is 274 Å². The summed E-state index contributed by atoms with van der Waals surface area (Å²) >= 11 is 0. The van der Waals surface area contributed by atoms with Crippen molar-refractivity contribution in [2.24, 2.45) is 11.8 Å². The maximum atomic E-state index is 7.05. The summed E-state index contributed by atoms with van der Waals surface area (Å²) in [5.41, 5.74) is 4.54. The molecule has 1 heterocycles. The van der Waals surface area contributed by atoms with E-state index in [1.807, 2.05) is 30.3 Å². The van der Waals surface area contributed by atoms with Crippen LogP contribution in [0.4, 0.5) is 0 Å². The number of benzene rings is 4. The van der Waals surface area contributed by atoms with E-state index in [0.717, 1.165) is 48.1 Å². The van der Waals surface area contributed by atoms with Gasteiger partial charge in [0, 0.05) is 6.61 Å². The van der Waals surface area contributed by atoms with Crippen LogP contribution in [0.15, 0.2) is 121 Å². The predicted molar refractivity (Wildman–Crippen MR) is 181 cm³/mol. The van der Waals surface area contributed by atoms with E-state index in [1.165, 1.54) is 12.8 Å². The molecule has 242 valence electrons. The highest BCUT2D eigenvalue weighted by atomic mass is 16.6. The zero-order chi connectivity index (χ0) is 31.2. The van der Waals surface area contributed by atoms with Crippen LogP contribution in [0.5, 0.6) is 0 Å². The molecule has 1 aliphatic carbocycles. The van der Waals surface area contributed by atoms with Gasteiger partial charge in [-0.25, -0.2) is 0 Å².